The fourth-order valence-electron chi connectivity index (χ4n) is 3.32. The third-order valence-corrected chi connectivity index (χ3v) is 5.95. The molecule has 2 heterocycles. The van der Waals surface area contributed by atoms with Crippen LogP contribution in [-0.4, -0.2) is 9.78 Å². The molecule has 1 aromatic carbocycles. The van der Waals surface area contributed by atoms with Crippen molar-refractivity contribution in [2.75, 3.05) is 0 Å². The van der Waals surface area contributed by atoms with Gasteiger partial charge in [-0.15, -0.1) is 11.3 Å². The maximum Gasteiger partial charge on any atom is 0.0674 e. The number of rotatable bonds is 5. The van der Waals surface area contributed by atoms with Crippen molar-refractivity contribution in [2.24, 2.45) is 0 Å². The van der Waals surface area contributed by atoms with E-state index in [9.17, 15) is 0 Å². The lowest BCUT2D eigenvalue weighted by molar-refractivity contribution is 0.463. The minimum Gasteiger partial charge on any atom is -0.306 e. The summed E-state index contributed by atoms with van der Waals surface area (Å²) < 4.78 is 1.95. The Labute approximate surface area is 151 Å². The van der Waals surface area contributed by atoms with Crippen LogP contribution in [0.1, 0.15) is 40.5 Å². The molecule has 1 N–H and O–H groups in total. The van der Waals surface area contributed by atoms with Crippen molar-refractivity contribution in [1.82, 2.24) is 15.1 Å². The van der Waals surface area contributed by atoms with Gasteiger partial charge in [-0.2, -0.15) is 5.10 Å². The van der Waals surface area contributed by atoms with Gasteiger partial charge in [-0.3, -0.25) is 4.68 Å². The molecule has 0 aliphatic heterocycles. The number of nitrogens with one attached hydrogen (secondary N) is 1. The van der Waals surface area contributed by atoms with E-state index in [1.165, 1.54) is 30.4 Å². The van der Waals surface area contributed by atoms with Gasteiger partial charge in [-0.1, -0.05) is 29.8 Å². The molecule has 2 aromatic heterocycles. The van der Waals surface area contributed by atoms with Gasteiger partial charge >= 0.3 is 0 Å². The molecular weight excluding hydrogens is 338 g/mol. The van der Waals surface area contributed by atoms with Crippen LogP contribution in [0.2, 0.25) is 5.02 Å². The zero-order valence-corrected chi connectivity index (χ0v) is 15.0. The summed E-state index contributed by atoms with van der Waals surface area (Å²) in [6.07, 6.45) is 7.78. The third-order valence-electron chi connectivity index (χ3n) is 4.58. The van der Waals surface area contributed by atoms with Crippen molar-refractivity contribution < 1.29 is 0 Å². The first-order chi connectivity index (χ1) is 11.8. The quantitative estimate of drug-likeness (QED) is 0.709. The van der Waals surface area contributed by atoms with E-state index in [2.05, 4.69) is 28.1 Å². The van der Waals surface area contributed by atoms with Crippen LogP contribution < -0.4 is 5.32 Å². The van der Waals surface area contributed by atoms with E-state index in [1.807, 2.05) is 46.5 Å². The summed E-state index contributed by atoms with van der Waals surface area (Å²) in [5, 5.41) is 11.2. The van der Waals surface area contributed by atoms with Gasteiger partial charge in [0.2, 0.25) is 0 Å². The van der Waals surface area contributed by atoms with Crippen molar-refractivity contribution in [3.8, 4) is 0 Å². The summed E-state index contributed by atoms with van der Waals surface area (Å²) in [5.74, 6) is 0. The molecule has 1 unspecified atom stereocenters. The number of thiophene rings is 1. The molecule has 5 heteroatoms. The predicted octanol–water partition coefficient (Wildman–Crippen LogP) is 4.81. The number of hydrogen-bond donors (Lipinski definition) is 1. The Morgan fingerprint density at radius 2 is 2.21 bits per heavy atom. The van der Waals surface area contributed by atoms with Gasteiger partial charge in [0, 0.05) is 34.2 Å². The fraction of sp³-hybridized carbons (Fsp3) is 0.316. The van der Waals surface area contributed by atoms with Crippen molar-refractivity contribution in [3.05, 3.63) is 74.7 Å². The average Bonchev–Trinajstić information content (AvgIpc) is 3.24. The van der Waals surface area contributed by atoms with Crippen LogP contribution in [0.25, 0.3) is 0 Å². The van der Waals surface area contributed by atoms with Crippen LogP contribution in [0.5, 0.6) is 0 Å². The molecule has 4 rings (SSSR count). The molecule has 1 atom stereocenters. The first-order valence-electron chi connectivity index (χ1n) is 8.34. The lowest BCUT2D eigenvalue weighted by atomic mass is 9.94. The zero-order valence-electron chi connectivity index (χ0n) is 13.4. The normalized spacial score (nSPS) is 17.0. The Kier molecular flexibility index (Phi) is 4.69. The van der Waals surface area contributed by atoms with Crippen LogP contribution in [-0.2, 0) is 19.5 Å². The fourth-order valence-corrected chi connectivity index (χ4v) is 4.51. The highest BCUT2D eigenvalue weighted by Crippen LogP contribution is 2.33. The molecule has 124 valence electrons. The summed E-state index contributed by atoms with van der Waals surface area (Å²) in [4.78, 5) is 1.55. The van der Waals surface area contributed by atoms with E-state index in [-0.39, 0.29) is 0 Å². The summed E-state index contributed by atoms with van der Waals surface area (Å²) in [7, 11) is 0. The average molecular weight is 358 g/mol. The lowest BCUT2D eigenvalue weighted by Crippen LogP contribution is -2.23. The number of benzene rings is 1. The molecule has 0 saturated heterocycles. The molecule has 0 spiro atoms. The SMILES string of the molecule is Clc1ccccc1Cn1cc(CNC2CCCc3sccc32)cn1. The van der Waals surface area contributed by atoms with Crippen molar-refractivity contribution in [1.29, 1.82) is 0 Å². The van der Waals surface area contributed by atoms with Crippen molar-refractivity contribution in [2.45, 2.75) is 38.4 Å². The Morgan fingerprint density at radius 3 is 3.12 bits per heavy atom. The minimum atomic E-state index is 0.479. The molecule has 0 radical (unpaired) electrons. The number of aromatic nitrogens is 2. The lowest BCUT2D eigenvalue weighted by Gasteiger charge is -2.23. The van der Waals surface area contributed by atoms with Crippen LogP contribution >= 0.6 is 22.9 Å². The van der Waals surface area contributed by atoms with E-state index in [0.717, 1.165) is 17.1 Å². The largest absolute Gasteiger partial charge is 0.306 e. The van der Waals surface area contributed by atoms with Gasteiger partial charge < -0.3 is 5.32 Å². The topological polar surface area (TPSA) is 29.9 Å². The molecule has 0 bridgehead atoms. The Bertz CT molecular complexity index is 823. The third kappa shape index (κ3) is 3.41. The molecule has 0 saturated carbocycles. The highest BCUT2D eigenvalue weighted by atomic mass is 35.5. The van der Waals surface area contributed by atoms with Gasteiger partial charge in [0.25, 0.3) is 0 Å². The second-order valence-electron chi connectivity index (χ2n) is 6.26. The first-order valence-corrected chi connectivity index (χ1v) is 9.60. The summed E-state index contributed by atoms with van der Waals surface area (Å²) in [6, 6.07) is 10.7. The second kappa shape index (κ2) is 7.09. The van der Waals surface area contributed by atoms with Gasteiger partial charge in [0.1, 0.15) is 0 Å². The van der Waals surface area contributed by atoms with E-state index in [4.69, 9.17) is 11.6 Å². The number of aryl methyl sites for hydroxylation is 1. The zero-order chi connectivity index (χ0) is 16.4. The number of hydrogen-bond acceptors (Lipinski definition) is 3. The van der Waals surface area contributed by atoms with E-state index in [1.54, 1.807) is 4.88 Å². The first kappa shape index (κ1) is 15.9. The Balaban J connectivity index is 1.39. The highest BCUT2D eigenvalue weighted by molar-refractivity contribution is 7.10. The van der Waals surface area contributed by atoms with Crippen molar-refractivity contribution in [3.63, 3.8) is 0 Å². The van der Waals surface area contributed by atoms with Gasteiger partial charge in [-0.05, 0) is 47.9 Å². The molecule has 3 aromatic rings. The van der Waals surface area contributed by atoms with E-state index < -0.39 is 0 Å². The van der Waals surface area contributed by atoms with Crippen LogP contribution in [0.4, 0.5) is 0 Å². The molecule has 0 amide bonds. The Morgan fingerprint density at radius 1 is 1.29 bits per heavy atom. The van der Waals surface area contributed by atoms with Gasteiger partial charge in [0.15, 0.2) is 0 Å². The minimum absolute atomic E-state index is 0.479. The molecule has 1 aliphatic rings. The smallest absolute Gasteiger partial charge is 0.0674 e. The summed E-state index contributed by atoms with van der Waals surface area (Å²) in [5.41, 5.74) is 3.80. The molecule has 0 fully saturated rings. The maximum absolute atomic E-state index is 6.23. The standard InChI is InChI=1S/C19H20ClN3S/c20-17-5-2-1-4-15(17)13-23-12-14(11-22-23)10-21-18-6-3-7-19-16(18)8-9-24-19/h1-2,4-5,8-9,11-12,18,21H,3,6-7,10,13H2. The molecule has 3 nitrogen and oxygen atoms in total. The maximum atomic E-state index is 6.23. The van der Waals surface area contributed by atoms with Crippen LogP contribution in [0.3, 0.4) is 0 Å². The summed E-state index contributed by atoms with van der Waals surface area (Å²) in [6.45, 7) is 1.56. The number of halogens is 1. The predicted molar refractivity (Wildman–Crippen MR) is 99.6 cm³/mol. The molecule has 24 heavy (non-hydrogen) atoms. The van der Waals surface area contributed by atoms with Crippen molar-refractivity contribution >= 4 is 22.9 Å². The number of fused-ring (bicyclic) bond motifs is 1. The Hall–Kier alpha value is -1.62. The van der Waals surface area contributed by atoms with Crippen LogP contribution in [0, 0.1) is 0 Å². The van der Waals surface area contributed by atoms with Gasteiger partial charge in [-0.25, -0.2) is 0 Å². The highest BCUT2D eigenvalue weighted by Gasteiger charge is 2.20. The van der Waals surface area contributed by atoms with E-state index >= 15 is 0 Å². The summed E-state index contributed by atoms with van der Waals surface area (Å²) >= 11 is 8.12. The molecular formula is C19H20ClN3S. The van der Waals surface area contributed by atoms with Crippen LogP contribution in [0.15, 0.2) is 48.1 Å². The molecule has 1 aliphatic carbocycles. The van der Waals surface area contributed by atoms with Gasteiger partial charge in [0.05, 0.1) is 12.7 Å². The monoisotopic (exact) mass is 357 g/mol. The number of nitrogens with zero attached hydrogens (tertiary/aromatic N) is 2. The second-order valence-corrected chi connectivity index (χ2v) is 7.67. The van der Waals surface area contributed by atoms with E-state index in [0.29, 0.717) is 12.6 Å².